The molecule has 5 rings (SSSR count). The van der Waals surface area contributed by atoms with Crippen LogP contribution in [0, 0.1) is 6.92 Å². The zero-order chi connectivity index (χ0) is 22.1. The predicted octanol–water partition coefficient (Wildman–Crippen LogP) is 5.23. The molecule has 0 bridgehead atoms. The van der Waals surface area contributed by atoms with Crippen LogP contribution >= 0.6 is 23.1 Å². The van der Waals surface area contributed by atoms with E-state index in [0.717, 1.165) is 37.6 Å². The number of para-hydroxylation sites is 1. The first-order chi connectivity index (χ1) is 15.6. The molecular formula is C23H20N6OS2. The summed E-state index contributed by atoms with van der Waals surface area (Å²) in [4.78, 5) is 33.3. The third-order valence-electron chi connectivity index (χ3n) is 5.00. The maximum Gasteiger partial charge on any atom is 0.252 e. The number of benzene rings is 2. The summed E-state index contributed by atoms with van der Waals surface area (Å²) in [5, 5.41) is 4.07. The van der Waals surface area contributed by atoms with Crippen LogP contribution < -0.4 is 10.9 Å². The van der Waals surface area contributed by atoms with Gasteiger partial charge in [-0.3, -0.25) is 15.1 Å². The van der Waals surface area contributed by atoms with Crippen LogP contribution in [0.4, 0.5) is 11.9 Å². The molecule has 0 radical (unpaired) electrons. The van der Waals surface area contributed by atoms with Gasteiger partial charge in [0.15, 0.2) is 4.34 Å². The fourth-order valence-corrected chi connectivity index (χ4v) is 5.37. The number of aryl methyl sites for hydroxylation is 2. The highest BCUT2D eigenvalue weighted by molar-refractivity contribution is 8.00. The van der Waals surface area contributed by atoms with E-state index in [4.69, 9.17) is 0 Å². The number of nitrogens with one attached hydrogen (secondary N) is 2. The third-order valence-corrected chi connectivity index (χ3v) is 7.22. The van der Waals surface area contributed by atoms with Gasteiger partial charge in [0.25, 0.3) is 5.56 Å². The fraction of sp³-hybridized carbons (Fsp3) is 0.174. The number of H-pyrrole nitrogens is 1. The number of hydrogen-bond donors (Lipinski definition) is 2. The molecule has 0 aliphatic heterocycles. The molecule has 0 unspecified atom stereocenters. The maximum atomic E-state index is 12.2. The molecule has 0 aliphatic rings. The van der Waals surface area contributed by atoms with Crippen LogP contribution in [0.25, 0.3) is 21.1 Å². The lowest BCUT2D eigenvalue weighted by atomic mass is 10.1. The summed E-state index contributed by atoms with van der Waals surface area (Å²) in [6.45, 7) is 4.06. The highest BCUT2D eigenvalue weighted by Gasteiger charge is 2.10. The van der Waals surface area contributed by atoms with Crippen molar-refractivity contribution in [3.8, 4) is 0 Å². The lowest BCUT2D eigenvalue weighted by molar-refractivity contribution is 1.04. The van der Waals surface area contributed by atoms with E-state index < -0.39 is 0 Å². The van der Waals surface area contributed by atoms with Gasteiger partial charge in [-0.05, 0) is 37.1 Å². The van der Waals surface area contributed by atoms with E-state index in [1.54, 1.807) is 23.1 Å². The number of aromatic amines is 1. The highest BCUT2D eigenvalue weighted by atomic mass is 32.2. The van der Waals surface area contributed by atoms with Crippen LogP contribution in [0.2, 0.25) is 0 Å². The first-order valence-corrected chi connectivity index (χ1v) is 12.0. The molecule has 0 fully saturated rings. The highest BCUT2D eigenvalue weighted by Crippen LogP contribution is 2.31. The summed E-state index contributed by atoms with van der Waals surface area (Å²) in [6, 6.07) is 15.8. The lowest BCUT2D eigenvalue weighted by Gasteiger charge is -2.09. The van der Waals surface area contributed by atoms with Crippen LogP contribution in [0.3, 0.4) is 0 Å². The summed E-state index contributed by atoms with van der Waals surface area (Å²) >= 11 is 3.20. The van der Waals surface area contributed by atoms with Gasteiger partial charge in [-0.2, -0.15) is 0 Å². The Balaban J connectivity index is 1.38. The monoisotopic (exact) mass is 460 g/mol. The van der Waals surface area contributed by atoms with Crippen molar-refractivity contribution in [2.45, 2.75) is 30.4 Å². The Kier molecular flexibility index (Phi) is 5.59. The van der Waals surface area contributed by atoms with E-state index in [9.17, 15) is 4.79 Å². The van der Waals surface area contributed by atoms with Gasteiger partial charge in [0.2, 0.25) is 11.9 Å². The molecule has 7 nitrogen and oxygen atoms in total. The van der Waals surface area contributed by atoms with Crippen LogP contribution in [-0.2, 0) is 12.2 Å². The van der Waals surface area contributed by atoms with E-state index in [-0.39, 0.29) is 5.56 Å². The molecule has 160 valence electrons. The first kappa shape index (κ1) is 20.6. The van der Waals surface area contributed by atoms with Crippen molar-refractivity contribution in [1.82, 2.24) is 24.9 Å². The summed E-state index contributed by atoms with van der Waals surface area (Å²) in [7, 11) is 0. The Bertz CT molecular complexity index is 1460. The van der Waals surface area contributed by atoms with Gasteiger partial charge in [0, 0.05) is 17.2 Å². The van der Waals surface area contributed by atoms with Gasteiger partial charge in [-0.25, -0.2) is 19.9 Å². The lowest BCUT2D eigenvalue weighted by Crippen LogP contribution is -2.13. The first-order valence-electron chi connectivity index (χ1n) is 10.2. The largest absolute Gasteiger partial charge is 0.294 e. The molecular weight excluding hydrogens is 440 g/mol. The van der Waals surface area contributed by atoms with Crippen molar-refractivity contribution in [3.63, 3.8) is 0 Å². The second-order valence-corrected chi connectivity index (χ2v) is 9.54. The predicted molar refractivity (Wildman–Crippen MR) is 131 cm³/mol. The van der Waals surface area contributed by atoms with Gasteiger partial charge >= 0.3 is 0 Å². The van der Waals surface area contributed by atoms with Crippen molar-refractivity contribution >= 4 is 56.1 Å². The Morgan fingerprint density at radius 2 is 1.91 bits per heavy atom. The Morgan fingerprint density at radius 3 is 2.75 bits per heavy atom. The zero-order valence-corrected chi connectivity index (χ0v) is 19.2. The minimum absolute atomic E-state index is 0.229. The Labute approximate surface area is 192 Å². The van der Waals surface area contributed by atoms with Crippen molar-refractivity contribution in [3.05, 3.63) is 75.8 Å². The molecule has 0 aliphatic carbocycles. The summed E-state index contributed by atoms with van der Waals surface area (Å²) < 4.78 is 2.09. The van der Waals surface area contributed by atoms with Gasteiger partial charge < -0.3 is 0 Å². The molecule has 0 atom stereocenters. The average Bonchev–Trinajstić information content (AvgIpc) is 3.20. The summed E-state index contributed by atoms with van der Waals surface area (Å²) in [6.07, 6.45) is 0.936. The smallest absolute Gasteiger partial charge is 0.252 e. The number of thioether (sulfide) groups is 1. The molecule has 0 amide bonds. The van der Waals surface area contributed by atoms with Gasteiger partial charge in [0.05, 0.1) is 27.1 Å². The van der Waals surface area contributed by atoms with Crippen molar-refractivity contribution in [2.24, 2.45) is 0 Å². The maximum absolute atomic E-state index is 12.2. The van der Waals surface area contributed by atoms with E-state index >= 15 is 0 Å². The van der Waals surface area contributed by atoms with Gasteiger partial charge in [-0.15, -0.1) is 11.3 Å². The van der Waals surface area contributed by atoms with Crippen LogP contribution in [0.15, 0.2) is 57.7 Å². The number of thiazole rings is 1. The fourth-order valence-electron chi connectivity index (χ4n) is 3.41. The zero-order valence-electron chi connectivity index (χ0n) is 17.5. The van der Waals surface area contributed by atoms with E-state index in [2.05, 4.69) is 55.4 Å². The van der Waals surface area contributed by atoms with Gasteiger partial charge in [0.1, 0.15) is 0 Å². The Morgan fingerprint density at radius 1 is 1.03 bits per heavy atom. The third kappa shape index (κ3) is 4.35. The van der Waals surface area contributed by atoms with Crippen molar-refractivity contribution in [2.75, 3.05) is 5.32 Å². The molecule has 5 aromatic rings. The molecule has 32 heavy (non-hydrogen) atoms. The van der Waals surface area contributed by atoms with E-state index in [1.807, 2.05) is 31.2 Å². The van der Waals surface area contributed by atoms with Crippen molar-refractivity contribution in [1.29, 1.82) is 0 Å². The molecule has 3 heterocycles. The number of nitrogens with zero attached hydrogens (tertiary/aromatic N) is 4. The summed E-state index contributed by atoms with van der Waals surface area (Å²) in [5.41, 5.74) is 4.35. The molecule has 3 aromatic heterocycles. The number of anilines is 2. The van der Waals surface area contributed by atoms with E-state index in [1.165, 1.54) is 11.6 Å². The van der Waals surface area contributed by atoms with E-state index in [0.29, 0.717) is 23.3 Å². The molecule has 0 saturated carbocycles. The van der Waals surface area contributed by atoms with Crippen molar-refractivity contribution < 1.29 is 0 Å². The molecule has 2 N–H and O–H groups in total. The second kappa shape index (κ2) is 8.68. The number of rotatable bonds is 6. The van der Waals surface area contributed by atoms with Crippen LogP contribution in [-0.4, -0.2) is 24.9 Å². The van der Waals surface area contributed by atoms with Crippen LogP contribution in [0.1, 0.15) is 23.9 Å². The van der Waals surface area contributed by atoms with Crippen LogP contribution in [0.5, 0.6) is 0 Å². The quantitative estimate of drug-likeness (QED) is 0.335. The topological polar surface area (TPSA) is 96.5 Å². The van der Waals surface area contributed by atoms with Gasteiger partial charge in [-0.1, -0.05) is 43.0 Å². The standard InChI is InChI=1S/C23H20N6OS2/c1-3-14-8-9-16-13(2)24-21(26-18(16)10-14)29-22-25-15(11-20(30)28-22)12-31-23-27-17-6-4-5-7-19(17)32-23/h4-11H,3,12H2,1-2H3,(H2,24,25,26,28,29,30). The molecule has 0 saturated heterocycles. The molecule has 9 heteroatoms. The SMILES string of the molecule is CCc1ccc2c(C)nc(Nc3nc(CSc4nc5ccccc5s4)cc(=O)[nH]3)nc2c1. The summed E-state index contributed by atoms with van der Waals surface area (Å²) in [5.74, 6) is 1.26. The normalized spacial score (nSPS) is 11.3. The minimum atomic E-state index is -0.229. The minimum Gasteiger partial charge on any atom is -0.294 e. The number of hydrogen-bond acceptors (Lipinski definition) is 8. The molecule has 2 aromatic carbocycles. The number of aromatic nitrogens is 5. The molecule has 0 spiro atoms. The average molecular weight is 461 g/mol. The number of fused-ring (bicyclic) bond motifs is 2. The Hall–Kier alpha value is -3.30. The second-order valence-electron chi connectivity index (χ2n) is 7.28.